The van der Waals surface area contributed by atoms with E-state index >= 15 is 0 Å². The normalized spacial score (nSPS) is 12.1. The van der Waals surface area contributed by atoms with Crippen molar-refractivity contribution in [2.75, 3.05) is 0 Å². The molecule has 3 aromatic rings. The summed E-state index contributed by atoms with van der Waals surface area (Å²) in [5, 5.41) is 0.387. The lowest BCUT2D eigenvalue weighted by molar-refractivity contribution is -0.141. The maximum absolute atomic E-state index is 12.6. The molecule has 0 N–H and O–H groups in total. The molecular weight excluding hydrogens is 329 g/mol. The summed E-state index contributed by atoms with van der Waals surface area (Å²) in [6.07, 6.45) is -3.21. The van der Waals surface area contributed by atoms with Crippen LogP contribution in [0.15, 0.2) is 24.4 Å². The highest BCUT2D eigenvalue weighted by molar-refractivity contribution is 6.30. The summed E-state index contributed by atoms with van der Waals surface area (Å²) in [6.45, 7) is 4.00. The molecule has 8 heteroatoms. The first-order valence-electron chi connectivity index (χ1n) is 6.78. The molecule has 4 nitrogen and oxygen atoms in total. The van der Waals surface area contributed by atoms with E-state index in [1.807, 2.05) is 24.5 Å². The van der Waals surface area contributed by atoms with Crippen LogP contribution in [0.2, 0.25) is 5.15 Å². The van der Waals surface area contributed by atoms with E-state index in [2.05, 4.69) is 15.0 Å². The summed E-state index contributed by atoms with van der Waals surface area (Å²) < 4.78 is 39.5. The lowest BCUT2D eigenvalue weighted by Crippen LogP contribution is -2.09. The number of nitrogens with zero attached hydrogens (tertiary/aromatic N) is 4. The number of alkyl halides is 3. The Morgan fingerprint density at radius 3 is 2.52 bits per heavy atom. The molecule has 0 radical (unpaired) electrons. The van der Waals surface area contributed by atoms with Crippen LogP contribution in [0.25, 0.3) is 11.2 Å². The van der Waals surface area contributed by atoms with Crippen LogP contribution in [0.5, 0.6) is 0 Å². The van der Waals surface area contributed by atoms with Crippen molar-refractivity contribution in [1.29, 1.82) is 0 Å². The quantitative estimate of drug-likeness (QED) is 0.658. The third kappa shape index (κ3) is 3.01. The van der Waals surface area contributed by atoms with Gasteiger partial charge in [0.1, 0.15) is 16.7 Å². The second-order valence-corrected chi connectivity index (χ2v) is 5.59. The molecular formula is C15H12ClF3N4. The molecule has 0 aromatic carbocycles. The molecule has 3 aromatic heterocycles. The van der Waals surface area contributed by atoms with Crippen LogP contribution >= 0.6 is 11.6 Å². The highest BCUT2D eigenvalue weighted by Gasteiger charge is 2.32. The summed E-state index contributed by atoms with van der Waals surface area (Å²) in [5.74, 6) is 0.703. The van der Waals surface area contributed by atoms with E-state index in [0.29, 0.717) is 28.7 Å². The zero-order valence-corrected chi connectivity index (χ0v) is 13.1. The third-order valence-corrected chi connectivity index (χ3v) is 3.90. The predicted octanol–water partition coefficient (Wildman–Crippen LogP) is 4.16. The van der Waals surface area contributed by atoms with Gasteiger partial charge in [-0.05, 0) is 37.1 Å². The first-order chi connectivity index (χ1) is 10.8. The Kier molecular flexibility index (Phi) is 3.75. The summed E-state index contributed by atoms with van der Waals surface area (Å²) in [6, 6.07) is 4.25. The minimum Gasteiger partial charge on any atom is -0.322 e. The molecule has 0 spiro atoms. The van der Waals surface area contributed by atoms with Gasteiger partial charge in [-0.2, -0.15) is 13.2 Å². The van der Waals surface area contributed by atoms with Crippen molar-refractivity contribution in [1.82, 2.24) is 19.5 Å². The number of hydrogen-bond donors (Lipinski definition) is 0. The minimum atomic E-state index is -4.44. The number of aryl methyl sites for hydroxylation is 2. The maximum atomic E-state index is 12.6. The number of hydrogen-bond acceptors (Lipinski definition) is 3. The summed E-state index contributed by atoms with van der Waals surface area (Å²) >= 11 is 5.99. The average molecular weight is 341 g/mol. The molecule has 0 saturated carbocycles. The zero-order chi connectivity index (χ0) is 16.8. The molecule has 0 saturated heterocycles. The number of rotatable bonds is 2. The van der Waals surface area contributed by atoms with Crippen LogP contribution in [0.4, 0.5) is 13.2 Å². The summed E-state index contributed by atoms with van der Waals surface area (Å²) in [5.41, 5.74) is 1.85. The number of halogens is 4. The van der Waals surface area contributed by atoms with Gasteiger partial charge in [0.25, 0.3) is 0 Å². The molecule has 0 aliphatic rings. The Morgan fingerprint density at radius 2 is 1.91 bits per heavy atom. The van der Waals surface area contributed by atoms with Gasteiger partial charge in [0, 0.05) is 6.20 Å². The number of imidazole rings is 1. The van der Waals surface area contributed by atoms with Crippen LogP contribution in [0, 0.1) is 13.8 Å². The van der Waals surface area contributed by atoms with Gasteiger partial charge in [0.2, 0.25) is 0 Å². The molecule has 0 bridgehead atoms. The third-order valence-electron chi connectivity index (χ3n) is 3.52. The second-order valence-electron chi connectivity index (χ2n) is 5.23. The predicted molar refractivity (Wildman–Crippen MR) is 80.4 cm³/mol. The van der Waals surface area contributed by atoms with Crippen LogP contribution in [-0.2, 0) is 12.7 Å². The Morgan fingerprint density at radius 1 is 1.17 bits per heavy atom. The van der Waals surface area contributed by atoms with Gasteiger partial charge in [0.05, 0.1) is 12.1 Å². The van der Waals surface area contributed by atoms with Crippen molar-refractivity contribution >= 4 is 22.8 Å². The molecule has 0 amide bonds. The first-order valence-corrected chi connectivity index (χ1v) is 7.15. The minimum absolute atomic E-state index is 0.357. The van der Waals surface area contributed by atoms with E-state index in [-0.39, 0.29) is 0 Å². The molecule has 120 valence electrons. The SMILES string of the molecule is Cc1cc2c(nc1Cl)nc(C)n2Cc1ccc(C(F)(F)F)nc1. The van der Waals surface area contributed by atoms with Gasteiger partial charge < -0.3 is 4.57 Å². The zero-order valence-electron chi connectivity index (χ0n) is 12.3. The van der Waals surface area contributed by atoms with Crippen molar-refractivity contribution in [3.05, 3.63) is 52.2 Å². The van der Waals surface area contributed by atoms with E-state index < -0.39 is 11.9 Å². The van der Waals surface area contributed by atoms with Crippen LogP contribution in [-0.4, -0.2) is 19.5 Å². The van der Waals surface area contributed by atoms with Gasteiger partial charge in [-0.15, -0.1) is 0 Å². The standard InChI is InChI=1S/C15H12ClF3N4/c1-8-5-11-14(22-13(8)16)21-9(2)23(11)7-10-3-4-12(20-6-10)15(17,18)19/h3-6H,7H2,1-2H3. The van der Waals surface area contributed by atoms with Crippen molar-refractivity contribution in [3.8, 4) is 0 Å². The molecule has 0 aliphatic carbocycles. The summed E-state index contributed by atoms with van der Waals surface area (Å²) in [4.78, 5) is 12.0. The topological polar surface area (TPSA) is 43.6 Å². The fourth-order valence-electron chi connectivity index (χ4n) is 2.30. The Labute approximate surface area is 135 Å². The Hall–Kier alpha value is -2.15. The van der Waals surface area contributed by atoms with E-state index in [0.717, 1.165) is 17.1 Å². The van der Waals surface area contributed by atoms with Crippen molar-refractivity contribution in [3.63, 3.8) is 0 Å². The fourth-order valence-corrected chi connectivity index (χ4v) is 2.44. The van der Waals surface area contributed by atoms with Crippen molar-refractivity contribution < 1.29 is 13.2 Å². The molecule has 23 heavy (non-hydrogen) atoms. The number of fused-ring (bicyclic) bond motifs is 1. The van der Waals surface area contributed by atoms with E-state index in [1.165, 1.54) is 12.3 Å². The van der Waals surface area contributed by atoms with Crippen LogP contribution in [0.1, 0.15) is 22.6 Å². The molecule has 0 unspecified atom stereocenters. The average Bonchev–Trinajstić information content (AvgIpc) is 2.75. The lowest BCUT2D eigenvalue weighted by Gasteiger charge is -2.09. The monoisotopic (exact) mass is 340 g/mol. The highest BCUT2D eigenvalue weighted by atomic mass is 35.5. The molecule has 3 heterocycles. The molecule has 0 aliphatic heterocycles. The highest BCUT2D eigenvalue weighted by Crippen LogP contribution is 2.27. The van der Waals surface area contributed by atoms with Crippen molar-refractivity contribution in [2.24, 2.45) is 0 Å². The van der Waals surface area contributed by atoms with Gasteiger partial charge in [0.15, 0.2) is 5.65 Å². The molecule has 3 rings (SSSR count). The van der Waals surface area contributed by atoms with E-state index in [1.54, 1.807) is 0 Å². The number of aromatic nitrogens is 4. The van der Waals surface area contributed by atoms with E-state index in [4.69, 9.17) is 11.6 Å². The smallest absolute Gasteiger partial charge is 0.322 e. The second kappa shape index (κ2) is 5.49. The van der Waals surface area contributed by atoms with Crippen molar-refractivity contribution in [2.45, 2.75) is 26.6 Å². The van der Waals surface area contributed by atoms with Gasteiger partial charge >= 0.3 is 6.18 Å². The van der Waals surface area contributed by atoms with Crippen LogP contribution in [0.3, 0.4) is 0 Å². The van der Waals surface area contributed by atoms with Gasteiger partial charge in [-0.25, -0.2) is 9.97 Å². The first kappa shape index (κ1) is 15.7. The number of pyridine rings is 2. The van der Waals surface area contributed by atoms with Crippen LogP contribution < -0.4 is 0 Å². The Balaban J connectivity index is 1.98. The molecule has 0 atom stereocenters. The summed E-state index contributed by atoms with van der Waals surface area (Å²) in [7, 11) is 0. The maximum Gasteiger partial charge on any atom is 0.433 e. The lowest BCUT2D eigenvalue weighted by atomic mass is 10.2. The largest absolute Gasteiger partial charge is 0.433 e. The van der Waals surface area contributed by atoms with E-state index in [9.17, 15) is 13.2 Å². The Bertz CT molecular complexity index is 869. The molecule has 0 fully saturated rings. The van der Waals surface area contributed by atoms with Gasteiger partial charge in [-0.1, -0.05) is 17.7 Å². The van der Waals surface area contributed by atoms with Gasteiger partial charge in [-0.3, -0.25) is 4.98 Å². The fraction of sp³-hybridized carbons (Fsp3) is 0.267.